The minimum atomic E-state index is 0.401. The zero-order valence-corrected chi connectivity index (χ0v) is 12.1. The van der Waals surface area contributed by atoms with Gasteiger partial charge in [-0.25, -0.2) is 0 Å². The standard InChI is InChI=1S/C16H30N2/c1-15(7-5-6-11-17-15)13-18-12-10-16(14-18)8-3-2-4-9-16/h17H,2-14H2,1H3. The highest BCUT2D eigenvalue weighted by Crippen LogP contribution is 2.44. The lowest BCUT2D eigenvalue weighted by atomic mass is 9.73. The van der Waals surface area contributed by atoms with Crippen LogP contribution in [0.25, 0.3) is 0 Å². The van der Waals surface area contributed by atoms with E-state index >= 15 is 0 Å². The summed E-state index contributed by atoms with van der Waals surface area (Å²) in [5, 5.41) is 3.77. The molecular formula is C16H30N2. The molecule has 3 rings (SSSR count). The summed E-state index contributed by atoms with van der Waals surface area (Å²) in [6, 6.07) is 0. The number of hydrogen-bond donors (Lipinski definition) is 1. The summed E-state index contributed by atoms with van der Waals surface area (Å²) >= 11 is 0. The fraction of sp³-hybridized carbons (Fsp3) is 1.00. The molecule has 1 saturated carbocycles. The second-order valence-electron chi connectivity index (χ2n) is 7.47. The first kappa shape index (κ1) is 12.9. The van der Waals surface area contributed by atoms with E-state index in [0.717, 1.165) is 5.41 Å². The van der Waals surface area contributed by atoms with Gasteiger partial charge in [0.05, 0.1) is 0 Å². The Morgan fingerprint density at radius 3 is 2.44 bits per heavy atom. The van der Waals surface area contributed by atoms with Gasteiger partial charge in [-0.15, -0.1) is 0 Å². The van der Waals surface area contributed by atoms with Crippen LogP contribution < -0.4 is 5.32 Å². The van der Waals surface area contributed by atoms with Gasteiger partial charge in [0, 0.05) is 18.6 Å². The number of rotatable bonds is 2. The third kappa shape index (κ3) is 2.75. The molecule has 3 aliphatic rings. The minimum absolute atomic E-state index is 0.401. The molecule has 2 heterocycles. The summed E-state index contributed by atoms with van der Waals surface area (Å²) < 4.78 is 0. The fourth-order valence-corrected chi connectivity index (χ4v) is 4.62. The summed E-state index contributed by atoms with van der Waals surface area (Å²) in [6.07, 6.45) is 13.1. The van der Waals surface area contributed by atoms with Crippen molar-refractivity contribution in [2.24, 2.45) is 5.41 Å². The molecule has 3 fully saturated rings. The molecule has 1 unspecified atom stereocenters. The van der Waals surface area contributed by atoms with Crippen LogP contribution in [0.4, 0.5) is 0 Å². The van der Waals surface area contributed by atoms with Gasteiger partial charge in [0.2, 0.25) is 0 Å². The average Bonchev–Trinajstić information content (AvgIpc) is 2.73. The van der Waals surface area contributed by atoms with Crippen LogP contribution in [-0.2, 0) is 0 Å². The van der Waals surface area contributed by atoms with Crippen molar-refractivity contribution in [3.63, 3.8) is 0 Å². The summed E-state index contributed by atoms with van der Waals surface area (Å²) in [5.74, 6) is 0. The molecule has 1 spiro atoms. The second-order valence-corrected chi connectivity index (χ2v) is 7.47. The zero-order valence-electron chi connectivity index (χ0n) is 12.1. The largest absolute Gasteiger partial charge is 0.310 e. The van der Waals surface area contributed by atoms with Crippen molar-refractivity contribution in [3.05, 3.63) is 0 Å². The first-order valence-corrected chi connectivity index (χ1v) is 8.17. The van der Waals surface area contributed by atoms with Gasteiger partial charge >= 0.3 is 0 Å². The highest BCUT2D eigenvalue weighted by molar-refractivity contribution is 4.96. The maximum Gasteiger partial charge on any atom is 0.0280 e. The average molecular weight is 250 g/mol. The van der Waals surface area contributed by atoms with Gasteiger partial charge < -0.3 is 10.2 Å². The minimum Gasteiger partial charge on any atom is -0.310 e. The van der Waals surface area contributed by atoms with Crippen molar-refractivity contribution in [3.8, 4) is 0 Å². The van der Waals surface area contributed by atoms with Crippen LogP contribution in [0.3, 0.4) is 0 Å². The van der Waals surface area contributed by atoms with E-state index in [1.807, 2.05) is 0 Å². The highest BCUT2D eigenvalue weighted by Gasteiger charge is 2.40. The lowest BCUT2D eigenvalue weighted by Gasteiger charge is -2.39. The topological polar surface area (TPSA) is 15.3 Å². The van der Waals surface area contributed by atoms with Crippen molar-refractivity contribution < 1.29 is 0 Å². The van der Waals surface area contributed by atoms with Crippen LogP contribution in [0.2, 0.25) is 0 Å². The molecule has 1 atom stereocenters. The Hall–Kier alpha value is -0.0800. The van der Waals surface area contributed by atoms with Crippen LogP contribution in [0.5, 0.6) is 0 Å². The lowest BCUT2D eigenvalue weighted by molar-refractivity contribution is 0.149. The first-order chi connectivity index (χ1) is 8.70. The third-order valence-electron chi connectivity index (χ3n) is 5.71. The molecule has 0 aromatic heterocycles. The Kier molecular flexibility index (Phi) is 3.68. The monoisotopic (exact) mass is 250 g/mol. The van der Waals surface area contributed by atoms with Gasteiger partial charge in [0.25, 0.3) is 0 Å². The molecule has 2 heteroatoms. The normalized spacial score (nSPS) is 37.2. The molecule has 2 nitrogen and oxygen atoms in total. The van der Waals surface area contributed by atoms with Gasteiger partial charge in [0.15, 0.2) is 0 Å². The molecule has 2 saturated heterocycles. The van der Waals surface area contributed by atoms with Crippen molar-refractivity contribution in [1.29, 1.82) is 0 Å². The quantitative estimate of drug-likeness (QED) is 0.810. The molecular weight excluding hydrogens is 220 g/mol. The fourth-order valence-electron chi connectivity index (χ4n) is 4.62. The SMILES string of the molecule is CC1(CN2CCC3(CCCCC3)C2)CCCCN1. The number of hydrogen-bond acceptors (Lipinski definition) is 2. The van der Waals surface area contributed by atoms with E-state index in [-0.39, 0.29) is 0 Å². The molecule has 18 heavy (non-hydrogen) atoms. The maximum absolute atomic E-state index is 3.77. The molecule has 1 N–H and O–H groups in total. The van der Waals surface area contributed by atoms with Gasteiger partial charge in [-0.3, -0.25) is 0 Å². The second kappa shape index (κ2) is 5.13. The lowest BCUT2D eigenvalue weighted by Crippen LogP contribution is -2.53. The van der Waals surface area contributed by atoms with Crippen LogP contribution in [-0.4, -0.2) is 36.6 Å². The molecule has 2 aliphatic heterocycles. The van der Waals surface area contributed by atoms with E-state index in [0.29, 0.717) is 5.54 Å². The van der Waals surface area contributed by atoms with E-state index in [2.05, 4.69) is 17.1 Å². The van der Waals surface area contributed by atoms with E-state index in [1.165, 1.54) is 84.0 Å². The summed E-state index contributed by atoms with van der Waals surface area (Å²) in [7, 11) is 0. The Bertz CT molecular complexity index is 275. The Balaban J connectivity index is 1.55. The molecule has 104 valence electrons. The number of likely N-dealkylation sites (tertiary alicyclic amines) is 1. The number of nitrogens with one attached hydrogen (secondary N) is 1. The van der Waals surface area contributed by atoms with Crippen LogP contribution in [0.15, 0.2) is 0 Å². The summed E-state index contributed by atoms with van der Waals surface area (Å²) in [4.78, 5) is 2.77. The van der Waals surface area contributed by atoms with Crippen LogP contribution >= 0.6 is 0 Å². The Morgan fingerprint density at radius 1 is 0.944 bits per heavy atom. The molecule has 0 aromatic rings. The smallest absolute Gasteiger partial charge is 0.0280 e. The van der Waals surface area contributed by atoms with E-state index in [1.54, 1.807) is 0 Å². The highest BCUT2D eigenvalue weighted by atomic mass is 15.2. The number of piperidine rings is 1. The van der Waals surface area contributed by atoms with Crippen molar-refractivity contribution in [2.75, 3.05) is 26.2 Å². The van der Waals surface area contributed by atoms with Crippen LogP contribution in [0.1, 0.15) is 64.7 Å². The molecule has 0 radical (unpaired) electrons. The van der Waals surface area contributed by atoms with Crippen molar-refractivity contribution in [1.82, 2.24) is 10.2 Å². The Labute approximate surface area is 113 Å². The predicted octanol–water partition coefficient (Wildman–Crippen LogP) is 3.17. The molecule has 0 amide bonds. The van der Waals surface area contributed by atoms with Gasteiger partial charge in [-0.05, 0) is 57.5 Å². The first-order valence-electron chi connectivity index (χ1n) is 8.17. The van der Waals surface area contributed by atoms with E-state index in [4.69, 9.17) is 0 Å². The maximum atomic E-state index is 3.77. The van der Waals surface area contributed by atoms with Crippen molar-refractivity contribution in [2.45, 2.75) is 70.3 Å². The van der Waals surface area contributed by atoms with Gasteiger partial charge in [-0.2, -0.15) is 0 Å². The van der Waals surface area contributed by atoms with Gasteiger partial charge in [-0.1, -0.05) is 25.7 Å². The summed E-state index contributed by atoms with van der Waals surface area (Å²) in [5.41, 5.74) is 1.13. The number of nitrogens with zero attached hydrogens (tertiary/aromatic N) is 1. The molecule has 0 bridgehead atoms. The molecule has 1 aliphatic carbocycles. The molecule has 0 aromatic carbocycles. The van der Waals surface area contributed by atoms with Crippen LogP contribution in [0, 0.1) is 5.41 Å². The third-order valence-corrected chi connectivity index (χ3v) is 5.71. The van der Waals surface area contributed by atoms with E-state index < -0.39 is 0 Å². The summed E-state index contributed by atoms with van der Waals surface area (Å²) in [6.45, 7) is 7.71. The van der Waals surface area contributed by atoms with E-state index in [9.17, 15) is 0 Å². The van der Waals surface area contributed by atoms with Gasteiger partial charge in [0.1, 0.15) is 0 Å². The zero-order chi connectivity index (χ0) is 12.5. The predicted molar refractivity (Wildman–Crippen MR) is 76.8 cm³/mol. The van der Waals surface area contributed by atoms with Crippen molar-refractivity contribution >= 4 is 0 Å². The Morgan fingerprint density at radius 2 is 1.72 bits per heavy atom.